The van der Waals surface area contributed by atoms with Gasteiger partial charge in [0.05, 0.1) is 6.33 Å². The van der Waals surface area contributed by atoms with Crippen molar-refractivity contribution >= 4 is 30.9 Å². The van der Waals surface area contributed by atoms with Gasteiger partial charge in [-0.2, -0.15) is 0 Å². The van der Waals surface area contributed by atoms with E-state index in [0.29, 0.717) is 0 Å². The Hall–Kier alpha value is -1.55. The molecule has 1 aromatic heterocycles. The molecule has 5 heteroatoms. The lowest BCUT2D eigenvalue weighted by Gasteiger charge is -2.24. The van der Waals surface area contributed by atoms with Crippen molar-refractivity contribution in [3.8, 4) is 0 Å². The second kappa shape index (κ2) is 9.46. The number of rotatable bonds is 4. The first-order valence-corrected chi connectivity index (χ1v) is 7.02. The monoisotopic (exact) mass is 337 g/mol. The maximum Gasteiger partial charge on any atom is 0.0922 e. The van der Waals surface area contributed by atoms with Gasteiger partial charge in [0.1, 0.15) is 0 Å². The van der Waals surface area contributed by atoms with E-state index in [1.165, 1.54) is 16.8 Å². The topological polar surface area (TPSA) is 31.9 Å². The van der Waals surface area contributed by atoms with Crippen LogP contribution in [0.4, 0.5) is 0 Å². The largest absolute Gasteiger partial charge is 0.347 e. The Bertz CT molecular complexity index is 592. The van der Waals surface area contributed by atoms with Gasteiger partial charge >= 0.3 is 0 Å². The number of H-pyrrole nitrogens is 1. The van der Waals surface area contributed by atoms with E-state index >= 15 is 0 Å². The zero-order chi connectivity index (χ0) is 13.6. The molecule has 0 radical (unpaired) electrons. The second-order valence-electron chi connectivity index (χ2n) is 5.09. The van der Waals surface area contributed by atoms with Crippen molar-refractivity contribution in [2.45, 2.75) is 13.0 Å². The van der Waals surface area contributed by atoms with E-state index in [1.54, 1.807) is 6.33 Å². The Morgan fingerprint density at radius 2 is 1.95 bits per heavy atom. The fourth-order valence-corrected chi connectivity index (χ4v) is 2.40. The molecule has 0 unspecified atom stereocenters. The van der Waals surface area contributed by atoms with Crippen LogP contribution in [0, 0.1) is 0 Å². The second-order valence-corrected chi connectivity index (χ2v) is 5.09. The molecule has 1 aliphatic heterocycles. The van der Waals surface area contributed by atoms with Gasteiger partial charge in [-0.05, 0) is 17.6 Å². The molecule has 0 spiro atoms. The number of nitrogens with one attached hydrogen (secondary N) is 1. The van der Waals surface area contributed by atoms with Gasteiger partial charge in [-0.1, -0.05) is 48.6 Å². The summed E-state index contributed by atoms with van der Waals surface area (Å²) in [4.78, 5) is 9.64. The minimum absolute atomic E-state index is 0. The summed E-state index contributed by atoms with van der Waals surface area (Å²) in [5.41, 5.74) is 3.87. The standard InChI is InChI=1S/C17H19N3.2ClH/c1-2-4-15(5-3-1)6-7-16-8-10-20(11-9-16)13-17-12-18-14-19-17;;/h1-8,12,14H,9-11,13H2,(H,18,19);2*1H/b7-6+;;. The van der Waals surface area contributed by atoms with Crippen LogP contribution in [0.5, 0.6) is 0 Å². The first-order valence-electron chi connectivity index (χ1n) is 7.02. The summed E-state index contributed by atoms with van der Waals surface area (Å²) < 4.78 is 0. The summed E-state index contributed by atoms with van der Waals surface area (Å²) in [6, 6.07) is 10.4. The molecule has 3 nitrogen and oxygen atoms in total. The van der Waals surface area contributed by atoms with Crippen molar-refractivity contribution < 1.29 is 0 Å². The molecule has 1 aliphatic rings. The van der Waals surface area contributed by atoms with Crippen LogP contribution in [0.3, 0.4) is 0 Å². The first-order chi connectivity index (χ1) is 9.90. The minimum Gasteiger partial charge on any atom is -0.347 e. The van der Waals surface area contributed by atoms with E-state index in [0.717, 1.165) is 26.1 Å². The predicted molar refractivity (Wildman–Crippen MR) is 96.5 cm³/mol. The molecule has 0 amide bonds. The third-order valence-corrected chi connectivity index (χ3v) is 3.57. The third-order valence-electron chi connectivity index (χ3n) is 3.57. The molecule has 0 atom stereocenters. The lowest BCUT2D eigenvalue weighted by atomic mass is 10.1. The van der Waals surface area contributed by atoms with Gasteiger partial charge in [-0.3, -0.25) is 4.90 Å². The van der Waals surface area contributed by atoms with Crippen LogP contribution in [-0.2, 0) is 6.54 Å². The van der Waals surface area contributed by atoms with Crippen LogP contribution in [-0.4, -0.2) is 28.0 Å². The number of halogens is 2. The van der Waals surface area contributed by atoms with Crippen LogP contribution in [0.2, 0.25) is 0 Å². The van der Waals surface area contributed by atoms with E-state index < -0.39 is 0 Å². The van der Waals surface area contributed by atoms with Crippen molar-refractivity contribution in [3.63, 3.8) is 0 Å². The highest BCUT2D eigenvalue weighted by Gasteiger charge is 2.10. The SMILES string of the molecule is C1=C(/C=C/c2ccccc2)CCN(Cc2cnc[nH]2)C1.Cl.Cl. The highest BCUT2D eigenvalue weighted by molar-refractivity contribution is 5.85. The van der Waals surface area contributed by atoms with Crippen molar-refractivity contribution in [2.75, 3.05) is 13.1 Å². The van der Waals surface area contributed by atoms with E-state index in [-0.39, 0.29) is 24.8 Å². The lowest BCUT2D eigenvalue weighted by molar-refractivity contribution is 0.284. The summed E-state index contributed by atoms with van der Waals surface area (Å²) in [5.74, 6) is 0. The maximum atomic E-state index is 4.06. The summed E-state index contributed by atoms with van der Waals surface area (Å²) in [6.45, 7) is 3.06. The zero-order valence-corrected chi connectivity index (χ0v) is 13.9. The number of imidazole rings is 1. The van der Waals surface area contributed by atoms with Crippen LogP contribution < -0.4 is 0 Å². The number of hydrogen-bond donors (Lipinski definition) is 1. The van der Waals surface area contributed by atoms with E-state index in [9.17, 15) is 0 Å². The molecule has 118 valence electrons. The number of aromatic amines is 1. The van der Waals surface area contributed by atoms with Crippen molar-refractivity contribution in [1.29, 1.82) is 0 Å². The van der Waals surface area contributed by atoms with Gasteiger partial charge < -0.3 is 4.98 Å². The van der Waals surface area contributed by atoms with E-state index in [2.05, 4.69) is 57.4 Å². The van der Waals surface area contributed by atoms with Gasteiger partial charge in [-0.25, -0.2) is 4.98 Å². The molecule has 3 rings (SSSR count). The molecule has 1 aromatic carbocycles. The molecule has 0 aliphatic carbocycles. The smallest absolute Gasteiger partial charge is 0.0922 e. The Morgan fingerprint density at radius 1 is 1.14 bits per heavy atom. The highest BCUT2D eigenvalue weighted by atomic mass is 35.5. The summed E-state index contributed by atoms with van der Waals surface area (Å²) in [6.07, 6.45) is 11.5. The summed E-state index contributed by atoms with van der Waals surface area (Å²) in [7, 11) is 0. The van der Waals surface area contributed by atoms with Crippen molar-refractivity contribution in [2.24, 2.45) is 0 Å². The van der Waals surface area contributed by atoms with Crippen LogP contribution >= 0.6 is 24.8 Å². The summed E-state index contributed by atoms with van der Waals surface area (Å²) in [5, 5.41) is 0. The molecular formula is C17H21Cl2N3. The van der Waals surface area contributed by atoms with Crippen molar-refractivity contribution in [1.82, 2.24) is 14.9 Å². The fraction of sp³-hybridized carbons (Fsp3) is 0.235. The average Bonchev–Trinajstić information content (AvgIpc) is 3.01. The Labute approximate surface area is 144 Å². The molecule has 2 heterocycles. The molecule has 0 fully saturated rings. The van der Waals surface area contributed by atoms with Crippen LogP contribution in [0.1, 0.15) is 17.7 Å². The molecule has 0 bridgehead atoms. The Balaban J connectivity index is 0.00000121. The van der Waals surface area contributed by atoms with Gasteiger partial charge in [-0.15, -0.1) is 24.8 Å². The molecular weight excluding hydrogens is 317 g/mol. The van der Waals surface area contributed by atoms with Crippen LogP contribution in [0.15, 0.2) is 60.6 Å². The maximum absolute atomic E-state index is 4.06. The number of benzene rings is 1. The Morgan fingerprint density at radius 3 is 2.59 bits per heavy atom. The van der Waals surface area contributed by atoms with Gasteiger partial charge in [0.15, 0.2) is 0 Å². The number of nitrogens with zero attached hydrogens (tertiary/aromatic N) is 2. The first kappa shape index (κ1) is 18.5. The van der Waals surface area contributed by atoms with Gasteiger partial charge in [0, 0.05) is 31.5 Å². The fourth-order valence-electron chi connectivity index (χ4n) is 2.40. The third kappa shape index (κ3) is 5.34. The molecule has 2 aromatic rings. The number of aromatic nitrogens is 2. The quantitative estimate of drug-likeness (QED) is 0.910. The minimum atomic E-state index is 0. The number of hydrogen-bond acceptors (Lipinski definition) is 2. The zero-order valence-electron chi connectivity index (χ0n) is 12.3. The van der Waals surface area contributed by atoms with E-state index in [1.807, 2.05) is 12.3 Å². The average molecular weight is 338 g/mol. The molecule has 1 N–H and O–H groups in total. The molecule has 0 saturated carbocycles. The van der Waals surface area contributed by atoms with Crippen LogP contribution in [0.25, 0.3) is 6.08 Å². The highest BCUT2D eigenvalue weighted by Crippen LogP contribution is 2.15. The molecule has 0 saturated heterocycles. The number of allylic oxidation sites excluding steroid dienone is 1. The molecule has 22 heavy (non-hydrogen) atoms. The van der Waals surface area contributed by atoms with Crippen molar-refractivity contribution in [3.05, 3.63) is 71.8 Å². The predicted octanol–water partition coefficient (Wildman–Crippen LogP) is 4.10. The summed E-state index contributed by atoms with van der Waals surface area (Å²) >= 11 is 0. The van der Waals surface area contributed by atoms with E-state index in [4.69, 9.17) is 0 Å². The normalized spacial score (nSPS) is 15.0. The lowest BCUT2D eigenvalue weighted by Crippen LogP contribution is -2.28. The van der Waals surface area contributed by atoms with Gasteiger partial charge in [0.25, 0.3) is 0 Å². The Kier molecular flexibility index (Phi) is 7.96. The van der Waals surface area contributed by atoms with Gasteiger partial charge in [0.2, 0.25) is 0 Å².